The molecule has 0 aliphatic carbocycles. The van der Waals surface area contributed by atoms with Crippen molar-refractivity contribution in [3.63, 3.8) is 0 Å². The first-order chi connectivity index (χ1) is 8.25. The van der Waals surface area contributed by atoms with Crippen LogP contribution in [0.25, 0.3) is 0 Å². The van der Waals surface area contributed by atoms with Crippen LogP contribution < -0.4 is 15.7 Å². The van der Waals surface area contributed by atoms with Gasteiger partial charge in [-0.15, -0.1) is 0 Å². The van der Waals surface area contributed by atoms with Gasteiger partial charge in [0.1, 0.15) is 0 Å². The fourth-order valence-corrected chi connectivity index (χ4v) is 1.94. The van der Waals surface area contributed by atoms with E-state index in [0.717, 1.165) is 17.1 Å². The number of anilines is 4. The van der Waals surface area contributed by atoms with E-state index in [0.29, 0.717) is 5.69 Å². The fraction of sp³-hybridized carbons (Fsp3) is 0. The van der Waals surface area contributed by atoms with Gasteiger partial charge in [-0.25, -0.2) is 0 Å². The van der Waals surface area contributed by atoms with E-state index in [9.17, 15) is 9.90 Å². The van der Waals surface area contributed by atoms with Gasteiger partial charge in [0.25, 0.3) is 0 Å². The Morgan fingerprint density at radius 3 is 2.24 bits per heavy atom. The van der Waals surface area contributed by atoms with E-state index < -0.39 is 5.97 Å². The minimum Gasteiger partial charge on any atom is -0.545 e. The van der Waals surface area contributed by atoms with Crippen LogP contribution in [0.3, 0.4) is 0 Å². The maximum absolute atomic E-state index is 11.0. The Labute approximate surface area is 97.9 Å². The van der Waals surface area contributed by atoms with Crippen molar-refractivity contribution < 1.29 is 9.90 Å². The van der Waals surface area contributed by atoms with Gasteiger partial charge in [-0.1, -0.05) is 24.3 Å². The molecule has 17 heavy (non-hydrogen) atoms. The van der Waals surface area contributed by atoms with Crippen molar-refractivity contribution in [2.24, 2.45) is 0 Å². The van der Waals surface area contributed by atoms with Crippen LogP contribution >= 0.6 is 0 Å². The first kappa shape index (κ1) is 9.72. The second-order valence-electron chi connectivity index (χ2n) is 3.81. The number of benzene rings is 2. The SMILES string of the molecule is O=C([O-])c1cccc2c1Nc1ccccc1N2. The monoisotopic (exact) mass is 225 g/mol. The quantitative estimate of drug-likeness (QED) is 0.663. The molecule has 0 radical (unpaired) electrons. The van der Waals surface area contributed by atoms with Crippen LogP contribution in [-0.4, -0.2) is 5.97 Å². The number of hydrogen-bond acceptors (Lipinski definition) is 4. The van der Waals surface area contributed by atoms with Gasteiger partial charge in [0.15, 0.2) is 0 Å². The van der Waals surface area contributed by atoms with Crippen molar-refractivity contribution in [2.75, 3.05) is 10.6 Å². The van der Waals surface area contributed by atoms with E-state index in [1.54, 1.807) is 6.07 Å². The molecule has 0 unspecified atom stereocenters. The van der Waals surface area contributed by atoms with Gasteiger partial charge in [-0.3, -0.25) is 0 Å². The van der Waals surface area contributed by atoms with Crippen molar-refractivity contribution in [1.29, 1.82) is 0 Å². The van der Waals surface area contributed by atoms with Gasteiger partial charge in [0, 0.05) is 5.56 Å². The van der Waals surface area contributed by atoms with Crippen molar-refractivity contribution in [3.05, 3.63) is 48.0 Å². The van der Waals surface area contributed by atoms with Crippen LogP contribution in [0.4, 0.5) is 22.7 Å². The third kappa shape index (κ3) is 1.50. The van der Waals surface area contributed by atoms with Crippen LogP contribution in [0.1, 0.15) is 10.4 Å². The minimum atomic E-state index is -1.18. The third-order valence-electron chi connectivity index (χ3n) is 2.74. The highest BCUT2D eigenvalue weighted by molar-refractivity contribution is 6.02. The topological polar surface area (TPSA) is 64.2 Å². The van der Waals surface area contributed by atoms with Crippen molar-refractivity contribution in [3.8, 4) is 0 Å². The smallest absolute Gasteiger partial charge is 0.0737 e. The summed E-state index contributed by atoms with van der Waals surface area (Å²) in [6.07, 6.45) is 0. The summed E-state index contributed by atoms with van der Waals surface area (Å²) < 4.78 is 0. The Hall–Kier alpha value is -2.49. The molecule has 0 saturated heterocycles. The molecule has 1 heterocycles. The van der Waals surface area contributed by atoms with Gasteiger partial charge in [0.2, 0.25) is 0 Å². The van der Waals surface area contributed by atoms with Gasteiger partial charge in [0.05, 0.1) is 28.7 Å². The molecule has 2 N–H and O–H groups in total. The summed E-state index contributed by atoms with van der Waals surface area (Å²) in [7, 11) is 0. The minimum absolute atomic E-state index is 0.157. The number of fused-ring (bicyclic) bond motifs is 2. The highest BCUT2D eigenvalue weighted by Crippen LogP contribution is 2.39. The predicted molar refractivity (Wildman–Crippen MR) is 63.8 cm³/mol. The van der Waals surface area contributed by atoms with Crippen LogP contribution in [0.2, 0.25) is 0 Å². The number of hydrogen-bond donors (Lipinski definition) is 2. The van der Waals surface area contributed by atoms with Crippen molar-refractivity contribution in [1.82, 2.24) is 0 Å². The molecule has 4 nitrogen and oxygen atoms in total. The molecule has 1 aliphatic heterocycles. The Balaban J connectivity index is 2.15. The number of rotatable bonds is 1. The van der Waals surface area contributed by atoms with Crippen molar-refractivity contribution in [2.45, 2.75) is 0 Å². The number of carboxylic acid groups (broad SMARTS) is 1. The number of para-hydroxylation sites is 3. The number of nitrogens with one attached hydrogen (secondary N) is 2. The highest BCUT2D eigenvalue weighted by Gasteiger charge is 2.16. The third-order valence-corrected chi connectivity index (χ3v) is 2.74. The molecule has 0 atom stereocenters. The van der Waals surface area contributed by atoms with E-state index in [-0.39, 0.29) is 5.56 Å². The lowest BCUT2D eigenvalue weighted by atomic mass is 10.1. The second kappa shape index (κ2) is 3.52. The molecule has 3 rings (SSSR count). The van der Waals surface area contributed by atoms with Gasteiger partial charge in [-0.05, 0) is 18.2 Å². The number of carbonyl (C=O) groups excluding carboxylic acids is 1. The predicted octanol–water partition coefficient (Wildman–Crippen LogP) is 1.85. The van der Waals surface area contributed by atoms with E-state index in [2.05, 4.69) is 10.6 Å². The normalized spacial score (nSPS) is 11.8. The molecule has 0 saturated carbocycles. The average Bonchev–Trinajstić information content (AvgIpc) is 2.35. The lowest BCUT2D eigenvalue weighted by Crippen LogP contribution is -2.24. The second-order valence-corrected chi connectivity index (χ2v) is 3.81. The molecule has 4 heteroatoms. The molecule has 1 aliphatic rings. The molecular formula is C13H9N2O2-. The largest absolute Gasteiger partial charge is 0.545 e. The summed E-state index contributed by atoms with van der Waals surface area (Å²) in [6.45, 7) is 0. The van der Waals surface area contributed by atoms with Crippen LogP contribution in [0.15, 0.2) is 42.5 Å². The van der Waals surface area contributed by atoms with E-state index >= 15 is 0 Å². The number of aromatic carboxylic acids is 1. The van der Waals surface area contributed by atoms with Crippen LogP contribution in [0.5, 0.6) is 0 Å². The molecule has 0 fully saturated rings. The van der Waals surface area contributed by atoms with Crippen LogP contribution in [-0.2, 0) is 0 Å². The molecular weight excluding hydrogens is 216 g/mol. The summed E-state index contributed by atoms with van der Waals surface area (Å²) in [4.78, 5) is 11.0. The highest BCUT2D eigenvalue weighted by atomic mass is 16.4. The maximum atomic E-state index is 11.0. The fourth-order valence-electron chi connectivity index (χ4n) is 1.94. The lowest BCUT2D eigenvalue weighted by Gasteiger charge is -2.25. The number of carboxylic acids is 1. The maximum Gasteiger partial charge on any atom is 0.0737 e. The molecule has 2 aromatic rings. The Bertz CT molecular complexity index is 608. The van der Waals surface area contributed by atoms with E-state index in [4.69, 9.17) is 0 Å². The standard InChI is InChI=1S/C13H10N2O2/c16-13(17)8-4-3-7-11-12(8)15-10-6-2-1-5-9(10)14-11/h1-7,14-15H,(H,16,17)/p-1. The molecule has 0 aromatic heterocycles. The van der Waals surface area contributed by atoms with Gasteiger partial charge >= 0.3 is 0 Å². The zero-order valence-corrected chi connectivity index (χ0v) is 8.86. The Kier molecular flexibility index (Phi) is 2.01. The molecule has 0 amide bonds. The molecule has 2 aromatic carbocycles. The first-order valence-corrected chi connectivity index (χ1v) is 5.23. The summed E-state index contributed by atoms with van der Waals surface area (Å²) in [6, 6.07) is 12.7. The molecule has 0 bridgehead atoms. The van der Waals surface area contributed by atoms with E-state index in [1.165, 1.54) is 6.07 Å². The zero-order valence-electron chi connectivity index (χ0n) is 8.86. The average molecular weight is 225 g/mol. The lowest BCUT2D eigenvalue weighted by molar-refractivity contribution is -0.254. The summed E-state index contributed by atoms with van der Waals surface area (Å²) in [5, 5.41) is 17.3. The van der Waals surface area contributed by atoms with Crippen molar-refractivity contribution >= 4 is 28.7 Å². The van der Waals surface area contributed by atoms with Gasteiger partial charge in [-0.2, -0.15) is 0 Å². The Morgan fingerprint density at radius 1 is 0.882 bits per heavy atom. The zero-order chi connectivity index (χ0) is 11.8. The first-order valence-electron chi connectivity index (χ1n) is 5.23. The van der Waals surface area contributed by atoms with Gasteiger partial charge < -0.3 is 20.5 Å². The molecule has 0 spiro atoms. The summed E-state index contributed by atoms with van der Waals surface area (Å²) in [5.41, 5.74) is 3.23. The number of carbonyl (C=O) groups is 1. The van der Waals surface area contributed by atoms with E-state index in [1.807, 2.05) is 30.3 Å². The molecule has 84 valence electrons. The summed E-state index contributed by atoms with van der Waals surface area (Å²) >= 11 is 0. The Morgan fingerprint density at radius 2 is 1.53 bits per heavy atom. The van der Waals surface area contributed by atoms with Crippen LogP contribution in [0, 0.1) is 0 Å². The summed E-state index contributed by atoms with van der Waals surface area (Å²) in [5.74, 6) is -1.18.